The Kier molecular flexibility index (Phi) is 9.65. The standard InChI is InChI=1S/C21H23Cl2N3O3S.ClH/c1-25(2)10-5-11-26(19(27)13-29-16-9-8-14(22)12-15(16)23)21-24-20-17(28-3)6-4-7-18(20)30-21;/h4,6-9,12H,5,10-11,13H2,1-3H3;1H. The summed E-state index contributed by atoms with van der Waals surface area (Å²) < 4.78 is 12.0. The van der Waals surface area contributed by atoms with E-state index in [-0.39, 0.29) is 24.9 Å². The lowest BCUT2D eigenvalue weighted by atomic mass is 10.3. The molecule has 0 bridgehead atoms. The van der Waals surface area contributed by atoms with E-state index in [0.717, 1.165) is 23.2 Å². The Morgan fingerprint density at radius 3 is 2.58 bits per heavy atom. The van der Waals surface area contributed by atoms with Crippen molar-refractivity contribution in [2.45, 2.75) is 6.42 Å². The van der Waals surface area contributed by atoms with Crippen LogP contribution in [0.25, 0.3) is 10.2 Å². The maximum absolute atomic E-state index is 13.1. The van der Waals surface area contributed by atoms with Gasteiger partial charge in [0.2, 0.25) is 0 Å². The van der Waals surface area contributed by atoms with Gasteiger partial charge in [-0.25, -0.2) is 4.98 Å². The number of anilines is 1. The molecular formula is C21H24Cl3N3O3S. The smallest absolute Gasteiger partial charge is 0.266 e. The molecule has 2 aromatic carbocycles. The molecule has 3 aromatic rings. The Labute approximate surface area is 202 Å². The number of amides is 1. The van der Waals surface area contributed by atoms with Crippen LogP contribution in [0.2, 0.25) is 10.0 Å². The van der Waals surface area contributed by atoms with Crippen molar-refractivity contribution in [1.29, 1.82) is 0 Å². The summed E-state index contributed by atoms with van der Waals surface area (Å²) in [5.41, 5.74) is 0.743. The number of para-hydroxylation sites is 1. The zero-order valence-corrected chi connectivity index (χ0v) is 20.6. The fraction of sp³-hybridized carbons (Fsp3) is 0.333. The first-order chi connectivity index (χ1) is 14.4. The molecule has 0 aliphatic rings. The summed E-state index contributed by atoms with van der Waals surface area (Å²) in [5, 5.41) is 1.48. The Bertz CT molecular complexity index is 1030. The Hall–Kier alpha value is -1.77. The van der Waals surface area contributed by atoms with E-state index in [1.54, 1.807) is 30.2 Å². The number of thiazole rings is 1. The molecule has 1 amide bonds. The maximum atomic E-state index is 13.1. The van der Waals surface area contributed by atoms with E-state index in [0.29, 0.717) is 33.2 Å². The molecule has 0 saturated heterocycles. The van der Waals surface area contributed by atoms with Crippen LogP contribution in [0.1, 0.15) is 6.42 Å². The van der Waals surface area contributed by atoms with Crippen LogP contribution < -0.4 is 14.4 Å². The van der Waals surface area contributed by atoms with Crippen LogP contribution in [0.3, 0.4) is 0 Å². The van der Waals surface area contributed by atoms with Crippen molar-refractivity contribution in [2.75, 3.05) is 45.8 Å². The van der Waals surface area contributed by atoms with Crippen LogP contribution in [-0.2, 0) is 4.79 Å². The molecule has 0 atom stereocenters. The van der Waals surface area contributed by atoms with Gasteiger partial charge in [-0.05, 0) is 57.4 Å². The minimum Gasteiger partial charge on any atom is -0.494 e. The number of nitrogens with zero attached hydrogens (tertiary/aromatic N) is 3. The highest BCUT2D eigenvalue weighted by atomic mass is 35.5. The third-order valence-corrected chi connectivity index (χ3v) is 5.93. The quantitative estimate of drug-likeness (QED) is 0.391. The molecule has 168 valence electrons. The number of hydrogen-bond donors (Lipinski definition) is 0. The van der Waals surface area contributed by atoms with Crippen molar-refractivity contribution in [2.24, 2.45) is 0 Å². The summed E-state index contributed by atoms with van der Waals surface area (Å²) >= 11 is 13.5. The Balaban J connectivity index is 0.00000341. The minimum atomic E-state index is -0.196. The van der Waals surface area contributed by atoms with Crippen LogP contribution >= 0.6 is 46.9 Å². The normalized spacial score (nSPS) is 10.8. The van der Waals surface area contributed by atoms with E-state index in [4.69, 9.17) is 32.7 Å². The molecule has 6 nitrogen and oxygen atoms in total. The molecule has 0 N–H and O–H groups in total. The summed E-state index contributed by atoms with van der Waals surface area (Å²) in [4.78, 5) is 21.5. The van der Waals surface area contributed by atoms with Crippen LogP contribution in [0, 0.1) is 0 Å². The maximum Gasteiger partial charge on any atom is 0.266 e. The van der Waals surface area contributed by atoms with Crippen LogP contribution in [-0.4, -0.2) is 56.7 Å². The van der Waals surface area contributed by atoms with Gasteiger partial charge in [0.15, 0.2) is 11.7 Å². The van der Waals surface area contributed by atoms with E-state index < -0.39 is 0 Å². The molecule has 1 heterocycles. The second-order valence-electron chi connectivity index (χ2n) is 6.87. The summed E-state index contributed by atoms with van der Waals surface area (Å²) in [6.45, 7) is 1.22. The van der Waals surface area contributed by atoms with Gasteiger partial charge in [0.1, 0.15) is 17.0 Å². The van der Waals surface area contributed by atoms with Crippen molar-refractivity contribution in [1.82, 2.24) is 9.88 Å². The van der Waals surface area contributed by atoms with Gasteiger partial charge in [-0.3, -0.25) is 9.69 Å². The number of benzene rings is 2. The third kappa shape index (κ3) is 6.60. The second kappa shape index (κ2) is 11.7. The number of methoxy groups -OCH3 is 1. The first-order valence-corrected chi connectivity index (χ1v) is 10.9. The lowest BCUT2D eigenvalue weighted by Crippen LogP contribution is -2.36. The zero-order chi connectivity index (χ0) is 21.7. The molecule has 10 heteroatoms. The average molecular weight is 505 g/mol. The molecule has 0 saturated carbocycles. The van der Waals surface area contributed by atoms with Gasteiger partial charge in [-0.1, -0.05) is 40.6 Å². The number of carbonyl (C=O) groups is 1. The SMILES string of the molecule is COc1cccc2sc(N(CCCN(C)C)C(=O)COc3ccc(Cl)cc3Cl)nc12.Cl. The van der Waals surface area contributed by atoms with E-state index in [1.807, 2.05) is 32.3 Å². The molecule has 0 aliphatic heterocycles. The molecular weight excluding hydrogens is 481 g/mol. The van der Waals surface area contributed by atoms with Crippen LogP contribution in [0.4, 0.5) is 5.13 Å². The molecule has 1 aromatic heterocycles. The third-order valence-electron chi connectivity index (χ3n) is 4.35. The van der Waals surface area contributed by atoms with Gasteiger partial charge < -0.3 is 14.4 Å². The molecule has 0 aliphatic carbocycles. The first kappa shape index (κ1) is 25.5. The van der Waals surface area contributed by atoms with Gasteiger partial charge in [0.25, 0.3) is 5.91 Å². The molecule has 0 unspecified atom stereocenters. The summed E-state index contributed by atoms with van der Waals surface area (Å²) in [7, 11) is 5.61. The Morgan fingerprint density at radius 2 is 1.90 bits per heavy atom. The highest BCUT2D eigenvalue weighted by Crippen LogP contribution is 2.34. The van der Waals surface area contributed by atoms with Gasteiger partial charge in [-0.15, -0.1) is 12.4 Å². The van der Waals surface area contributed by atoms with Gasteiger partial charge in [0.05, 0.1) is 16.8 Å². The molecule has 0 fully saturated rings. The van der Waals surface area contributed by atoms with Gasteiger partial charge >= 0.3 is 0 Å². The van der Waals surface area contributed by atoms with Gasteiger partial charge in [-0.2, -0.15) is 0 Å². The average Bonchev–Trinajstić information content (AvgIpc) is 3.14. The topological polar surface area (TPSA) is 54.9 Å². The predicted octanol–water partition coefficient (Wildman–Crippen LogP) is 5.40. The lowest BCUT2D eigenvalue weighted by molar-refractivity contribution is -0.120. The predicted molar refractivity (Wildman–Crippen MR) is 131 cm³/mol. The Morgan fingerprint density at radius 1 is 1.13 bits per heavy atom. The van der Waals surface area contributed by atoms with Crippen LogP contribution in [0.5, 0.6) is 11.5 Å². The molecule has 3 rings (SSSR count). The largest absolute Gasteiger partial charge is 0.494 e. The number of ether oxygens (including phenoxy) is 2. The van der Waals surface area contributed by atoms with E-state index >= 15 is 0 Å². The van der Waals surface area contributed by atoms with E-state index in [9.17, 15) is 4.79 Å². The van der Waals surface area contributed by atoms with E-state index in [2.05, 4.69) is 9.88 Å². The van der Waals surface area contributed by atoms with E-state index in [1.165, 1.54) is 11.3 Å². The summed E-state index contributed by atoms with van der Waals surface area (Å²) in [6, 6.07) is 10.6. The first-order valence-electron chi connectivity index (χ1n) is 9.35. The van der Waals surface area contributed by atoms with Crippen molar-refractivity contribution in [3.63, 3.8) is 0 Å². The van der Waals surface area contributed by atoms with Crippen molar-refractivity contribution < 1.29 is 14.3 Å². The molecule has 0 radical (unpaired) electrons. The number of aromatic nitrogens is 1. The number of carbonyl (C=O) groups excluding carboxylic acids is 1. The van der Waals surface area contributed by atoms with Crippen molar-refractivity contribution in [3.8, 4) is 11.5 Å². The summed E-state index contributed by atoms with van der Waals surface area (Å²) in [5.74, 6) is 0.895. The number of fused-ring (bicyclic) bond motifs is 1. The fourth-order valence-corrected chi connectivity index (χ4v) is 4.36. The van der Waals surface area contributed by atoms with Crippen molar-refractivity contribution >= 4 is 68.2 Å². The number of hydrogen-bond acceptors (Lipinski definition) is 6. The summed E-state index contributed by atoms with van der Waals surface area (Å²) in [6.07, 6.45) is 0.799. The highest BCUT2D eigenvalue weighted by molar-refractivity contribution is 7.22. The number of halogens is 3. The minimum absolute atomic E-state index is 0. The lowest BCUT2D eigenvalue weighted by Gasteiger charge is -2.21. The highest BCUT2D eigenvalue weighted by Gasteiger charge is 2.21. The second-order valence-corrected chi connectivity index (χ2v) is 8.72. The zero-order valence-electron chi connectivity index (χ0n) is 17.4. The monoisotopic (exact) mass is 503 g/mol. The van der Waals surface area contributed by atoms with Gasteiger partial charge in [0, 0.05) is 11.6 Å². The van der Waals surface area contributed by atoms with Crippen LogP contribution in [0.15, 0.2) is 36.4 Å². The fourth-order valence-electron chi connectivity index (χ4n) is 2.87. The number of rotatable bonds is 9. The van der Waals surface area contributed by atoms with Crippen molar-refractivity contribution in [3.05, 3.63) is 46.4 Å². The molecule has 0 spiro atoms. The molecule has 31 heavy (non-hydrogen) atoms.